The van der Waals surface area contributed by atoms with Gasteiger partial charge in [-0.25, -0.2) is 4.98 Å². The first kappa shape index (κ1) is 18.7. The maximum Gasteiger partial charge on any atom is 0.296 e. The summed E-state index contributed by atoms with van der Waals surface area (Å²) in [6.07, 6.45) is 0. The van der Waals surface area contributed by atoms with Crippen molar-refractivity contribution >= 4 is 38.8 Å². The summed E-state index contributed by atoms with van der Waals surface area (Å²) < 4.78 is 6.10. The SMILES string of the molecule is COc1ccc(NC(=O)C[NH+](C)Cc2nc3ccccc3s2)c([N+](=O)[O-])c1. The average Bonchev–Trinajstić information content (AvgIpc) is 3.03. The van der Waals surface area contributed by atoms with Crippen LogP contribution in [0, 0.1) is 10.1 Å². The lowest BCUT2D eigenvalue weighted by Crippen LogP contribution is -3.08. The first-order valence-corrected chi connectivity index (χ1v) is 9.06. The molecule has 9 heteroatoms. The Balaban J connectivity index is 1.64. The van der Waals surface area contributed by atoms with Crippen molar-refractivity contribution in [2.45, 2.75) is 6.54 Å². The number of nitrogens with zero attached hydrogens (tertiary/aromatic N) is 2. The number of carbonyl (C=O) groups is 1. The molecule has 0 aliphatic heterocycles. The molecule has 1 atom stereocenters. The number of hydrogen-bond acceptors (Lipinski definition) is 6. The molecule has 0 fully saturated rings. The molecule has 0 saturated carbocycles. The zero-order chi connectivity index (χ0) is 19.4. The molecule has 0 radical (unpaired) electrons. The summed E-state index contributed by atoms with van der Waals surface area (Å²) in [5, 5.41) is 14.8. The predicted molar refractivity (Wildman–Crippen MR) is 103 cm³/mol. The van der Waals surface area contributed by atoms with E-state index < -0.39 is 4.92 Å². The van der Waals surface area contributed by atoms with Crippen LogP contribution in [-0.4, -0.2) is 36.5 Å². The van der Waals surface area contributed by atoms with Crippen LogP contribution in [0.3, 0.4) is 0 Å². The number of thiazole rings is 1. The molecule has 0 saturated heterocycles. The monoisotopic (exact) mass is 387 g/mol. The van der Waals surface area contributed by atoms with E-state index in [-0.39, 0.29) is 23.8 Å². The topological polar surface area (TPSA) is 98.8 Å². The van der Waals surface area contributed by atoms with Crippen LogP contribution >= 0.6 is 11.3 Å². The third kappa shape index (κ3) is 4.57. The van der Waals surface area contributed by atoms with Gasteiger partial charge in [0.1, 0.15) is 23.0 Å². The molecule has 3 rings (SSSR count). The summed E-state index contributed by atoms with van der Waals surface area (Å²) in [7, 11) is 3.31. The molecule has 2 aromatic carbocycles. The first-order chi connectivity index (χ1) is 13.0. The number of amides is 1. The van der Waals surface area contributed by atoms with E-state index in [9.17, 15) is 14.9 Å². The second kappa shape index (κ2) is 8.11. The molecule has 1 unspecified atom stereocenters. The van der Waals surface area contributed by atoms with E-state index in [4.69, 9.17) is 4.74 Å². The Morgan fingerprint density at radius 2 is 2.11 bits per heavy atom. The summed E-state index contributed by atoms with van der Waals surface area (Å²) in [6, 6.07) is 12.2. The molecule has 0 spiro atoms. The van der Waals surface area contributed by atoms with E-state index in [1.54, 1.807) is 17.4 Å². The van der Waals surface area contributed by atoms with Gasteiger partial charge in [0.2, 0.25) is 0 Å². The zero-order valence-corrected chi connectivity index (χ0v) is 15.7. The summed E-state index contributed by atoms with van der Waals surface area (Å²) in [6.45, 7) is 0.760. The molecular formula is C18H19N4O4S+. The zero-order valence-electron chi connectivity index (χ0n) is 14.9. The van der Waals surface area contributed by atoms with Gasteiger partial charge in [-0.3, -0.25) is 14.9 Å². The van der Waals surface area contributed by atoms with Crippen molar-refractivity contribution in [2.24, 2.45) is 0 Å². The van der Waals surface area contributed by atoms with Gasteiger partial charge in [0, 0.05) is 0 Å². The molecule has 1 aromatic heterocycles. The van der Waals surface area contributed by atoms with Gasteiger partial charge in [-0.05, 0) is 24.3 Å². The molecule has 2 N–H and O–H groups in total. The number of nitrogens with one attached hydrogen (secondary N) is 2. The minimum absolute atomic E-state index is 0.151. The van der Waals surface area contributed by atoms with Crippen LogP contribution < -0.4 is 15.0 Å². The van der Waals surface area contributed by atoms with E-state index in [2.05, 4.69) is 10.3 Å². The van der Waals surface area contributed by atoms with Crippen LogP contribution in [0.4, 0.5) is 11.4 Å². The molecule has 8 nitrogen and oxygen atoms in total. The van der Waals surface area contributed by atoms with E-state index in [1.807, 2.05) is 31.3 Å². The molecule has 3 aromatic rings. The van der Waals surface area contributed by atoms with Crippen molar-refractivity contribution in [1.29, 1.82) is 0 Å². The number of quaternary nitrogens is 1. The largest absolute Gasteiger partial charge is 0.496 e. The van der Waals surface area contributed by atoms with Crippen molar-refractivity contribution in [3.05, 3.63) is 57.6 Å². The highest BCUT2D eigenvalue weighted by Gasteiger charge is 2.19. The number of nitro groups is 1. The number of fused-ring (bicyclic) bond motifs is 1. The standard InChI is InChI=1S/C18H18N4O4S/c1-21(11-18-20-14-5-3-4-6-16(14)27-18)10-17(23)19-13-8-7-12(26-2)9-15(13)22(24)25/h3-9H,10-11H2,1-2H3,(H,19,23)/p+1. The summed E-state index contributed by atoms with van der Waals surface area (Å²) >= 11 is 1.60. The quantitative estimate of drug-likeness (QED) is 0.476. The van der Waals surface area contributed by atoms with Gasteiger partial charge in [-0.1, -0.05) is 12.1 Å². The van der Waals surface area contributed by atoms with Crippen molar-refractivity contribution < 1.29 is 19.4 Å². The van der Waals surface area contributed by atoms with Crippen LogP contribution in [0.2, 0.25) is 0 Å². The van der Waals surface area contributed by atoms with Crippen LogP contribution in [0.5, 0.6) is 5.75 Å². The normalized spacial score (nSPS) is 11.9. The van der Waals surface area contributed by atoms with Gasteiger partial charge in [-0.15, -0.1) is 11.3 Å². The highest BCUT2D eigenvalue weighted by molar-refractivity contribution is 7.18. The van der Waals surface area contributed by atoms with Gasteiger partial charge in [-0.2, -0.15) is 0 Å². The van der Waals surface area contributed by atoms with Gasteiger partial charge >= 0.3 is 0 Å². The molecule has 1 amide bonds. The first-order valence-electron chi connectivity index (χ1n) is 8.24. The van der Waals surface area contributed by atoms with Crippen molar-refractivity contribution in [3.8, 4) is 5.75 Å². The summed E-state index contributed by atoms with van der Waals surface area (Å²) in [4.78, 5) is 28.5. The van der Waals surface area contributed by atoms with Crippen LogP contribution in [-0.2, 0) is 11.3 Å². The fourth-order valence-electron chi connectivity index (χ4n) is 2.68. The Morgan fingerprint density at radius 1 is 1.33 bits per heavy atom. The number of ether oxygens (including phenoxy) is 1. The number of methoxy groups -OCH3 is 1. The smallest absolute Gasteiger partial charge is 0.296 e. The molecule has 27 heavy (non-hydrogen) atoms. The van der Waals surface area contributed by atoms with Crippen LogP contribution in [0.1, 0.15) is 5.01 Å². The van der Waals surface area contributed by atoms with Gasteiger partial charge in [0.25, 0.3) is 11.6 Å². The highest BCUT2D eigenvalue weighted by atomic mass is 32.1. The molecule has 0 aliphatic carbocycles. The van der Waals surface area contributed by atoms with Crippen LogP contribution in [0.15, 0.2) is 42.5 Å². The Bertz CT molecular complexity index is 955. The Labute approximate surface area is 159 Å². The number of para-hydroxylation sites is 1. The molecule has 1 heterocycles. The van der Waals surface area contributed by atoms with E-state index >= 15 is 0 Å². The number of rotatable bonds is 7. The van der Waals surface area contributed by atoms with Gasteiger partial charge in [0.05, 0.1) is 35.4 Å². The van der Waals surface area contributed by atoms with Gasteiger partial charge in [0.15, 0.2) is 6.54 Å². The number of hydrogen-bond donors (Lipinski definition) is 2. The van der Waals surface area contributed by atoms with Crippen molar-refractivity contribution in [3.63, 3.8) is 0 Å². The minimum Gasteiger partial charge on any atom is -0.496 e. The number of likely N-dealkylation sites (N-methyl/N-ethyl adjacent to an activating group) is 1. The van der Waals surface area contributed by atoms with E-state index in [1.165, 1.54) is 19.2 Å². The lowest BCUT2D eigenvalue weighted by Gasteiger charge is -2.12. The fraction of sp³-hybridized carbons (Fsp3) is 0.222. The minimum atomic E-state index is -0.546. The summed E-state index contributed by atoms with van der Waals surface area (Å²) in [5.41, 5.74) is 0.897. The summed E-state index contributed by atoms with van der Waals surface area (Å²) in [5.74, 6) is 0.0557. The lowest BCUT2D eigenvalue weighted by atomic mass is 10.2. The van der Waals surface area contributed by atoms with Gasteiger partial charge < -0.3 is 15.0 Å². The Hall–Kier alpha value is -3.04. The highest BCUT2D eigenvalue weighted by Crippen LogP contribution is 2.28. The maximum atomic E-state index is 12.3. The van der Waals surface area contributed by atoms with Crippen LogP contribution in [0.25, 0.3) is 10.2 Å². The van der Waals surface area contributed by atoms with Crippen molar-refractivity contribution in [2.75, 3.05) is 26.0 Å². The number of benzene rings is 2. The predicted octanol–water partition coefficient (Wildman–Crippen LogP) is 1.87. The second-order valence-electron chi connectivity index (χ2n) is 6.07. The number of nitro benzene ring substituents is 1. The molecular weight excluding hydrogens is 368 g/mol. The molecule has 0 bridgehead atoms. The number of carbonyl (C=O) groups excluding carboxylic acids is 1. The average molecular weight is 387 g/mol. The number of anilines is 1. The van der Waals surface area contributed by atoms with Crippen molar-refractivity contribution in [1.82, 2.24) is 4.98 Å². The molecule has 140 valence electrons. The second-order valence-corrected chi connectivity index (χ2v) is 7.19. The number of aromatic nitrogens is 1. The third-order valence-electron chi connectivity index (χ3n) is 3.93. The van der Waals surface area contributed by atoms with E-state index in [0.29, 0.717) is 12.3 Å². The Kier molecular flexibility index (Phi) is 5.63. The maximum absolute atomic E-state index is 12.3. The van der Waals surface area contributed by atoms with E-state index in [0.717, 1.165) is 20.1 Å². The Morgan fingerprint density at radius 3 is 2.81 bits per heavy atom. The fourth-order valence-corrected chi connectivity index (χ4v) is 3.76. The lowest BCUT2D eigenvalue weighted by molar-refractivity contribution is -0.885. The third-order valence-corrected chi connectivity index (χ3v) is 4.97. The molecule has 0 aliphatic rings.